The van der Waals surface area contributed by atoms with Gasteiger partial charge in [0.15, 0.2) is 6.61 Å². The second-order valence-corrected chi connectivity index (χ2v) is 7.24. The molecule has 0 spiro atoms. The molecule has 2 aromatic rings. The molecule has 154 valence electrons. The van der Waals surface area contributed by atoms with Gasteiger partial charge < -0.3 is 19.4 Å². The molecule has 1 aromatic heterocycles. The first-order chi connectivity index (χ1) is 14.1. The van der Waals surface area contributed by atoms with Crippen molar-refractivity contribution in [1.29, 1.82) is 0 Å². The predicted octanol–water partition coefficient (Wildman–Crippen LogP) is 4.09. The fourth-order valence-electron chi connectivity index (χ4n) is 3.37. The zero-order valence-corrected chi connectivity index (χ0v) is 16.8. The molecule has 1 aromatic carbocycles. The normalized spacial score (nSPS) is 15.7. The molecule has 3 rings (SSSR count). The number of hydrogen-bond acceptors (Lipinski definition) is 5. The van der Waals surface area contributed by atoms with Crippen LogP contribution in [0.1, 0.15) is 50.0 Å². The van der Waals surface area contributed by atoms with E-state index in [-0.39, 0.29) is 18.6 Å². The largest absolute Gasteiger partial charge is 0.467 e. The van der Waals surface area contributed by atoms with Crippen LogP contribution in [0.3, 0.4) is 0 Å². The number of furan rings is 1. The number of nitrogens with one attached hydrogen (secondary N) is 1. The van der Waals surface area contributed by atoms with Crippen molar-refractivity contribution in [2.45, 2.75) is 38.6 Å². The lowest BCUT2D eigenvalue weighted by atomic mass is 10.1. The molecule has 2 heterocycles. The van der Waals surface area contributed by atoms with Gasteiger partial charge in [-0.05, 0) is 55.7 Å². The minimum Gasteiger partial charge on any atom is -0.467 e. The van der Waals surface area contributed by atoms with Gasteiger partial charge >= 0.3 is 5.97 Å². The molecule has 6 nitrogen and oxygen atoms in total. The average molecular weight is 396 g/mol. The third-order valence-corrected chi connectivity index (χ3v) is 4.97. The summed E-state index contributed by atoms with van der Waals surface area (Å²) in [6.45, 7) is 3.67. The fourth-order valence-corrected chi connectivity index (χ4v) is 3.37. The lowest BCUT2D eigenvalue weighted by molar-refractivity contribution is -0.144. The number of ether oxygens (including phenoxy) is 1. The van der Waals surface area contributed by atoms with Crippen molar-refractivity contribution in [3.05, 3.63) is 60.1 Å². The molecule has 1 atom stereocenters. The number of carbonyl (C=O) groups is 2. The van der Waals surface area contributed by atoms with Gasteiger partial charge in [0.2, 0.25) is 0 Å². The summed E-state index contributed by atoms with van der Waals surface area (Å²) in [7, 11) is 0. The molecule has 6 heteroatoms. The SMILES string of the molecule is C[C@@H](NC(=O)COC(=O)/C=C/c1ccc(N2CCCCCC2)cc1)c1ccco1. The Morgan fingerprint density at radius 2 is 1.86 bits per heavy atom. The van der Waals surface area contributed by atoms with E-state index in [2.05, 4.69) is 22.3 Å². The maximum absolute atomic E-state index is 11.9. The van der Waals surface area contributed by atoms with E-state index in [0.717, 1.165) is 18.7 Å². The Hall–Kier alpha value is -3.02. The van der Waals surface area contributed by atoms with Gasteiger partial charge in [-0.25, -0.2) is 4.79 Å². The lowest BCUT2D eigenvalue weighted by Gasteiger charge is -2.22. The van der Waals surface area contributed by atoms with Crippen LogP contribution in [-0.4, -0.2) is 31.6 Å². The highest BCUT2D eigenvalue weighted by Crippen LogP contribution is 2.20. The summed E-state index contributed by atoms with van der Waals surface area (Å²) in [5.41, 5.74) is 2.13. The molecule has 1 N–H and O–H groups in total. The van der Waals surface area contributed by atoms with Crippen LogP contribution in [0.25, 0.3) is 6.08 Å². The zero-order valence-electron chi connectivity index (χ0n) is 16.8. The van der Waals surface area contributed by atoms with Gasteiger partial charge in [0.1, 0.15) is 5.76 Å². The van der Waals surface area contributed by atoms with Crippen molar-refractivity contribution in [1.82, 2.24) is 5.32 Å². The van der Waals surface area contributed by atoms with Crippen LogP contribution < -0.4 is 10.2 Å². The van der Waals surface area contributed by atoms with Crippen LogP contribution >= 0.6 is 0 Å². The summed E-state index contributed by atoms with van der Waals surface area (Å²) in [4.78, 5) is 26.2. The van der Waals surface area contributed by atoms with Crippen LogP contribution in [0, 0.1) is 0 Å². The second kappa shape index (κ2) is 10.5. The molecule has 1 aliphatic rings. The first-order valence-electron chi connectivity index (χ1n) is 10.1. The van der Waals surface area contributed by atoms with Crippen LogP contribution in [-0.2, 0) is 14.3 Å². The Morgan fingerprint density at radius 3 is 2.52 bits per heavy atom. The maximum Gasteiger partial charge on any atom is 0.331 e. The molecule has 0 unspecified atom stereocenters. The van der Waals surface area contributed by atoms with E-state index in [0.29, 0.717) is 5.76 Å². The highest BCUT2D eigenvalue weighted by atomic mass is 16.5. The highest BCUT2D eigenvalue weighted by molar-refractivity contribution is 5.89. The van der Waals surface area contributed by atoms with Crippen LogP contribution in [0.5, 0.6) is 0 Å². The fraction of sp³-hybridized carbons (Fsp3) is 0.391. The number of esters is 1. The number of anilines is 1. The minimum absolute atomic E-state index is 0.283. The molecule has 0 radical (unpaired) electrons. The van der Waals surface area contributed by atoms with Gasteiger partial charge in [0.25, 0.3) is 5.91 Å². The van der Waals surface area contributed by atoms with E-state index in [1.807, 2.05) is 12.1 Å². The number of carbonyl (C=O) groups excluding carboxylic acids is 2. The number of benzene rings is 1. The van der Waals surface area contributed by atoms with Crippen molar-refractivity contribution < 1.29 is 18.7 Å². The van der Waals surface area contributed by atoms with E-state index < -0.39 is 5.97 Å². The molecule has 0 saturated carbocycles. The molecule has 1 amide bonds. The molecule has 0 bridgehead atoms. The third kappa shape index (κ3) is 6.52. The number of nitrogens with zero attached hydrogens (tertiary/aromatic N) is 1. The Morgan fingerprint density at radius 1 is 1.14 bits per heavy atom. The average Bonchev–Trinajstić information content (AvgIpc) is 3.14. The lowest BCUT2D eigenvalue weighted by Crippen LogP contribution is -2.30. The van der Waals surface area contributed by atoms with E-state index in [9.17, 15) is 9.59 Å². The predicted molar refractivity (Wildman–Crippen MR) is 112 cm³/mol. The van der Waals surface area contributed by atoms with Crippen LogP contribution in [0.4, 0.5) is 5.69 Å². The van der Waals surface area contributed by atoms with Crippen LogP contribution in [0.15, 0.2) is 53.2 Å². The standard InChI is InChI=1S/C23H28N2O4/c1-18(21-7-6-16-28-21)24-22(26)17-29-23(27)13-10-19-8-11-20(12-9-19)25-14-4-2-3-5-15-25/h6-13,16,18H,2-5,14-15,17H2,1H3,(H,24,26)/b13-10+/t18-/m1/s1. The molecular weight excluding hydrogens is 368 g/mol. The number of rotatable bonds is 7. The molecule has 0 aliphatic carbocycles. The van der Waals surface area contributed by atoms with Crippen molar-refractivity contribution >= 4 is 23.6 Å². The topological polar surface area (TPSA) is 71.8 Å². The maximum atomic E-state index is 11.9. The van der Waals surface area contributed by atoms with E-state index in [1.54, 1.807) is 31.4 Å². The van der Waals surface area contributed by atoms with Gasteiger partial charge in [0.05, 0.1) is 12.3 Å². The summed E-state index contributed by atoms with van der Waals surface area (Å²) in [5, 5.41) is 2.71. The first kappa shape index (κ1) is 20.7. The van der Waals surface area contributed by atoms with E-state index >= 15 is 0 Å². The Bertz CT molecular complexity index is 804. The van der Waals surface area contributed by atoms with Gasteiger partial charge in [-0.1, -0.05) is 25.0 Å². The van der Waals surface area contributed by atoms with Gasteiger partial charge in [-0.3, -0.25) is 4.79 Å². The molecule has 29 heavy (non-hydrogen) atoms. The van der Waals surface area contributed by atoms with Crippen LogP contribution in [0.2, 0.25) is 0 Å². The van der Waals surface area contributed by atoms with E-state index in [1.165, 1.54) is 37.4 Å². The smallest absolute Gasteiger partial charge is 0.331 e. The Kier molecular flexibility index (Phi) is 7.50. The molecular formula is C23H28N2O4. The molecule has 1 saturated heterocycles. The highest BCUT2D eigenvalue weighted by Gasteiger charge is 2.13. The Labute approximate surface area is 171 Å². The minimum atomic E-state index is -0.553. The van der Waals surface area contributed by atoms with E-state index in [4.69, 9.17) is 9.15 Å². The third-order valence-electron chi connectivity index (χ3n) is 4.97. The zero-order chi connectivity index (χ0) is 20.5. The molecule has 1 aliphatic heterocycles. The van der Waals surface area contributed by atoms with Gasteiger partial charge in [-0.2, -0.15) is 0 Å². The van der Waals surface area contributed by atoms with Gasteiger partial charge in [0, 0.05) is 24.9 Å². The second-order valence-electron chi connectivity index (χ2n) is 7.24. The summed E-state index contributed by atoms with van der Waals surface area (Å²) in [6, 6.07) is 11.4. The Balaban J connectivity index is 1.43. The summed E-state index contributed by atoms with van der Waals surface area (Å²) in [6.07, 6.45) is 9.66. The number of amides is 1. The van der Waals surface area contributed by atoms with Crippen molar-refractivity contribution in [3.8, 4) is 0 Å². The van der Waals surface area contributed by atoms with Crippen molar-refractivity contribution in [2.75, 3.05) is 24.6 Å². The monoisotopic (exact) mass is 396 g/mol. The number of hydrogen-bond donors (Lipinski definition) is 1. The quantitative estimate of drug-likeness (QED) is 0.564. The van der Waals surface area contributed by atoms with Gasteiger partial charge in [-0.15, -0.1) is 0 Å². The summed E-state index contributed by atoms with van der Waals surface area (Å²) < 4.78 is 10.2. The van der Waals surface area contributed by atoms with Crippen molar-refractivity contribution in [2.24, 2.45) is 0 Å². The summed E-state index contributed by atoms with van der Waals surface area (Å²) in [5.74, 6) is -0.284. The van der Waals surface area contributed by atoms with Crippen molar-refractivity contribution in [3.63, 3.8) is 0 Å². The molecule has 1 fully saturated rings. The first-order valence-corrected chi connectivity index (χ1v) is 10.1. The summed E-state index contributed by atoms with van der Waals surface area (Å²) >= 11 is 0.